The van der Waals surface area contributed by atoms with E-state index in [1.165, 1.54) is 12.3 Å². The van der Waals surface area contributed by atoms with Gasteiger partial charge >= 0.3 is 5.97 Å². The second-order valence-corrected chi connectivity index (χ2v) is 4.19. The van der Waals surface area contributed by atoms with Crippen molar-refractivity contribution >= 4 is 23.4 Å². The molecule has 0 aliphatic carbocycles. The number of amides is 1. The number of aromatic nitrogens is 1. The van der Waals surface area contributed by atoms with Crippen molar-refractivity contribution in [2.45, 2.75) is 19.9 Å². The number of anilines is 2. The van der Waals surface area contributed by atoms with Gasteiger partial charge in [0, 0.05) is 6.20 Å². The fourth-order valence-electron chi connectivity index (χ4n) is 1.49. The van der Waals surface area contributed by atoms with E-state index in [4.69, 9.17) is 16.6 Å². The molecule has 0 saturated carbocycles. The topological polar surface area (TPSA) is 131 Å². The molecule has 1 amide bonds. The number of primary amides is 1. The summed E-state index contributed by atoms with van der Waals surface area (Å²) < 4.78 is 0. The lowest BCUT2D eigenvalue weighted by molar-refractivity contribution is -0.119. The van der Waals surface area contributed by atoms with Gasteiger partial charge in [0.05, 0.1) is 11.3 Å². The Balaban J connectivity index is 3.07. The van der Waals surface area contributed by atoms with E-state index in [9.17, 15) is 9.59 Å². The first-order valence-corrected chi connectivity index (χ1v) is 5.38. The molecular weight excluding hydrogens is 236 g/mol. The molecule has 0 bridgehead atoms. The van der Waals surface area contributed by atoms with Crippen molar-refractivity contribution in [2.24, 2.45) is 11.7 Å². The number of aromatic carboxylic acids is 1. The SMILES string of the molecule is CC(C)C(Nc1nccc(C(=O)O)c1N)C(N)=O. The van der Waals surface area contributed by atoms with Crippen molar-refractivity contribution in [3.63, 3.8) is 0 Å². The summed E-state index contributed by atoms with van der Waals surface area (Å²) in [5, 5.41) is 11.7. The fourth-order valence-corrected chi connectivity index (χ4v) is 1.49. The average Bonchev–Trinajstić information content (AvgIpc) is 2.26. The first-order valence-electron chi connectivity index (χ1n) is 5.38. The second-order valence-electron chi connectivity index (χ2n) is 4.19. The molecule has 7 nitrogen and oxygen atoms in total. The van der Waals surface area contributed by atoms with Crippen LogP contribution >= 0.6 is 0 Å². The number of carbonyl (C=O) groups excluding carboxylic acids is 1. The first-order chi connectivity index (χ1) is 8.34. The maximum absolute atomic E-state index is 11.3. The molecule has 0 aliphatic heterocycles. The highest BCUT2D eigenvalue weighted by Crippen LogP contribution is 2.21. The molecule has 18 heavy (non-hydrogen) atoms. The van der Waals surface area contributed by atoms with Crippen LogP contribution in [-0.2, 0) is 4.79 Å². The molecule has 1 aromatic heterocycles. The number of pyridine rings is 1. The largest absolute Gasteiger partial charge is 0.478 e. The van der Waals surface area contributed by atoms with Crippen molar-refractivity contribution in [2.75, 3.05) is 11.1 Å². The first kappa shape index (κ1) is 13.8. The quantitative estimate of drug-likeness (QED) is 0.595. The van der Waals surface area contributed by atoms with Gasteiger partial charge in [-0.2, -0.15) is 0 Å². The zero-order chi connectivity index (χ0) is 13.9. The van der Waals surface area contributed by atoms with E-state index in [1.54, 1.807) is 13.8 Å². The summed E-state index contributed by atoms with van der Waals surface area (Å²) in [5.41, 5.74) is 10.8. The third-order valence-electron chi connectivity index (χ3n) is 2.49. The highest BCUT2D eigenvalue weighted by atomic mass is 16.4. The van der Waals surface area contributed by atoms with Crippen molar-refractivity contribution in [3.05, 3.63) is 17.8 Å². The van der Waals surface area contributed by atoms with E-state index in [1.807, 2.05) is 0 Å². The van der Waals surface area contributed by atoms with Crippen molar-refractivity contribution in [1.29, 1.82) is 0 Å². The van der Waals surface area contributed by atoms with E-state index in [2.05, 4.69) is 10.3 Å². The minimum atomic E-state index is -1.15. The molecule has 0 fully saturated rings. The normalized spacial score (nSPS) is 12.2. The minimum Gasteiger partial charge on any atom is -0.478 e. The predicted molar refractivity (Wildman–Crippen MR) is 67.1 cm³/mol. The Bertz CT molecular complexity index is 473. The third-order valence-corrected chi connectivity index (χ3v) is 2.49. The number of carboxylic acid groups (broad SMARTS) is 1. The second kappa shape index (κ2) is 5.35. The molecule has 1 unspecified atom stereocenters. The van der Waals surface area contributed by atoms with E-state index in [0.717, 1.165) is 0 Å². The highest BCUT2D eigenvalue weighted by Gasteiger charge is 2.22. The summed E-state index contributed by atoms with van der Waals surface area (Å²) in [5.74, 6) is -1.63. The molecule has 6 N–H and O–H groups in total. The van der Waals surface area contributed by atoms with Crippen LogP contribution in [0, 0.1) is 5.92 Å². The van der Waals surface area contributed by atoms with Gasteiger partial charge in [-0.05, 0) is 12.0 Å². The van der Waals surface area contributed by atoms with Crippen LogP contribution in [0.5, 0.6) is 0 Å². The van der Waals surface area contributed by atoms with E-state index < -0.39 is 17.9 Å². The smallest absolute Gasteiger partial charge is 0.337 e. The molecule has 0 radical (unpaired) electrons. The van der Waals surface area contributed by atoms with Gasteiger partial charge in [-0.3, -0.25) is 4.79 Å². The Kier molecular flexibility index (Phi) is 4.09. The number of nitrogen functional groups attached to an aromatic ring is 1. The molecular formula is C11H16N4O3. The number of nitrogens with two attached hydrogens (primary N) is 2. The third kappa shape index (κ3) is 2.88. The van der Waals surface area contributed by atoms with Gasteiger partial charge in [0.2, 0.25) is 5.91 Å². The Labute approximate surface area is 104 Å². The van der Waals surface area contributed by atoms with E-state index in [0.29, 0.717) is 0 Å². The summed E-state index contributed by atoms with van der Waals surface area (Å²) in [6, 6.07) is 0.626. The lowest BCUT2D eigenvalue weighted by Gasteiger charge is -2.20. The van der Waals surface area contributed by atoms with Gasteiger partial charge in [0.25, 0.3) is 0 Å². The van der Waals surface area contributed by atoms with Crippen molar-refractivity contribution in [3.8, 4) is 0 Å². The summed E-state index contributed by atoms with van der Waals surface area (Å²) in [6.45, 7) is 3.61. The van der Waals surface area contributed by atoms with Crippen molar-refractivity contribution in [1.82, 2.24) is 4.98 Å². The Morgan fingerprint density at radius 3 is 2.50 bits per heavy atom. The van der Waals surface area contributed by atoms with Crippen LogP contribution in [0.15, 0.2) is 12.3 Å². The average molecular weight is 252 g/mol. The van der Waals surface area contributed by atoms with E-state index >= 15 is 0 Å². The fraction of sp³-hybridized carbons (Fsp3) is 0.364. The highest BCUT2D eigenvalue weighted by molar-refractivity contribution is 5.96. The zero-order valence-corrected chi connectivity index (χ0v) is 10.2. The number of carbonyl (C=O) groups is 2. The molecule has 1 heterocycles. The molecule has 1 aromatic rings. The van der Waals surface area contributed by atoms with Crippen LogP contribution in [-0.4, -0.2) is 28.0 Å². The summed E-state index contributed by atoms with van der Waals surface area (Å²) in [4.78, 5) is 26.1. The minimum absolute atomic E-state index is 0.0168. The summed E-state index contributed by atoms with van der Waals surface area (Å²) >= 11 is 0. The summed E-state index contributed by atoms with van der Waals surface area (Å²) in [6.07, 6.45) is 1.31. The molecule has 0 aliphatic rings. The molecule has 1 rings (SSSR count). The van der Waals surface area contributed by atoms with Crippen LogP contribution in [0.3, 0.4) is 0 Å². The number of rotatable bonds is 5. The molecule has 0 saturated heterocycles. The molecule has 98 valence electrons. The number of carboxylic acids is 1. The van der Waals surface area contributed by atoms with Crippen molar-refractivity contribution < 1.29 is 14.7 Å². The lowest BCUT2D eigenvalue weighted by Crippen LogP contribution is -2.40. The van der Waals surface area contributed by atoms with Crippen LogP contribution in [0.4, 0.5) is 11.5 Å². The summed E-state index contributed by atoms with van der Waals surface area (Å²) in [7, 11) is 0. The molecule has 0 aromatic carbocycles. The lowest BCUT2D eigenvalue weighted by atomic mass is 10.0. The van der Waals surface area contributed by atoms with Crippen LogP contribution < -0.4 is 16.8 Å². The molecule has 1 atom stereocenters. The van der Waals surface area contributed by atoms with Crippen LogP contribution in [0.1, 0.15) is 24.2 Å². The van der Waals surface area contributed by atoms with Gasteiger partial charge in [-0.25, -0.2) is 9.78 Å². The van der Waals surface area contributed by atoms with Gasteiger partial charge in [-0.1, -0.05) is 13.8 Å². The van der Waals surface area contributed by atoms with E-state index in [-0.39, 0.29) is 23.0 Å². The van der Waals surface area contributed by atoms with Gasteiger partial charge in [0.1, 0.15) is 6.04 Å². The van der Waals surface area contributed by atoms with Gasteiger partial charge < -0.3 is 21.9 Å². The monoisotopic (exact) mass is 252 g/mol. The number of hydrogen-bond donors (Lipinski definition) is 4. The number of hydrogen-bond acceptors (Lipinski definition) is 5. The van der Waals surface area contributed by atoms with Crippen LogP contribution in [0.2, 0.25) is 0 Å². The molecule has 0 spiro atoms. The molecule has 7 heteroatoms. The maximum Gasteiger partial charge on any atom is 0.337 e. The number of nitrogens with one attached hydrogen (secondary N) is 1. The zero-order valence-electron chi connectivity index (χ0n) is 10.2. The van der Waals surface area contributed by atoms with Gasteiger partial charge in [-0.15, -0.1) is 0 Å². The van der Waals surface area contributed by atoms with Crippen LogP contribution in [0.25, 0.3) is 0 Å². The predicted octanol–water partition coefficient (Wildman–Crippen LogP) is 0.284. The number of nitrogens with zero attached hydrogens (tertiary/aromatic N) is 1. The maximum atomic E-state index is 11.3. The Hall–Kier alpha value is -2.31. The van der Waals surface area contributed by atoms with Gasteiger partial charge in [0.15, 0.2) is 5.82 Å². The Morgan fingerprint density at radius 2 is 2.06 bits per heavy atom. The standard InChI is InChI=1S/C11H16N4O3/c1-5(2)8(9(13)16)15-10-7(12)6(11(17)18)3-4-14-10/h3-5,8H,12H2,1-2H3,(H2,13,16)(H,14,15)(H,17,18). The Morgan fingerprint density at radius 1 is 1.44 bits per heavy atom.